The van der Waals surface area contributed by atoms with Gasteiger partial charge in [-0.25, -0.2) is 0 Å². The second kappa shape index (κ2) is 6.99. The van der Waals surface area contributed by atoms with Crippen LogP contribution in [0.2, 0.25) is 0 Å². The zero-order valence-corrected chi connectivity index (χ0v) is 12.9. The van der Waals surface area contributed by atoms with E-state index in [0.717, 1.165) is 18.6 Å². The highest BCUT2D eigenvalue weighted by Crippen LogP contribution is 2.28. The molecule has 2 aliphatic rings. The average Bonchev–Trinajstić information content (AvgIpc) is 3.08. The number of carbonyl (C=O) groups is 2. The molecule has 1 N–H and O–H groups in total. The third-order valence-corrected chi connectivity index (χ3v) is 4.81. The van der Waals surface area contributed by atoms with Gasteiger partial charge in [0.25, 0.3) is 0 Å². The van der Waals surface area contributed by atoms with Gasteiger partial charge in [-0.05, 0) is 25.0 Å². The first-order chi connectivity index (χ1) is 10.7. The van der Waals surface area contributed by atoms with Gasteiger partial charge in [0, 0.05) is 19.0 Å². The molecule has 1 aliphatic carbocycles. The number of rotatable bonds is 4. The van der Waals surface area contributed by atoms with Gasteiger partial charge in [-0.1, -0.05) is 25.7 Å². The highest BCUT2D eigenvalue weighted by molar-refractivity contribution is 5.89. The molecular formula is C17H24N2O3. The molecule has 0 radical (unpaired) electrons. The molecule has 1 saturated carbocycles. The van der Waals surface area contributed by atoms with Crippen LogP contribution in [0.15, 0.2) is 22.8 Å². The smallest absolute Gasteiger partial charge is 0.225 e. The largest absolute Gasteiger partial charge is 0.467 e. The van der Waals surface area contributed by atoms with E-state index in [1.54, 1.807) is 12.3 Å². The molecule has 1 saturated heterocycles. The lowest BCUT2D eigenvalue weighted by molar-refractivity contribution is -0.130. The van der Waals surface area contributed by atoms with Crippen molar-refractivity contribution in [3.05, 3.63) is 24.2 Å². The molecule has 3 rings (SSSR count). The van der Waals surface area contributed by atoms with Crippen molar-refractivity contribution in [1.29, 1.82) is 0 Å². The topological polar surface area (TPSA) is 62.6 Å². The minimum absolute atomic E-state index is 0.0409. The second-order valence-electron chi connectivity index (χ2n) is 6.39. The summed E-state index contributed by atoms with van der Waals surface area (Å²) in [7, 11) is 0. The second-order valence-corrected chi connectivity index (χ2v) is 6.39. The number of hydrogen-bond acceptors (Lipinski definition) is 3. The van der Waals surface area contributed by atoms with E-state index in [2.05, 4.69) is 5.32 Å². The molecule has 1 aromatic rings. The van der Waals surface area contributed by atoms with Crippen LogP contribution in [-0.4, -0.2) is 29.3 Å². The fourth-order valence-electron chi connectivity index (χ4n) is 3.56. The van der Waals surface area contributed by atoms with Crippen molar-refractivity contribution in [1.82, 2.24) is 10.2 Å². The maximum absolute atomic E-state index is 12.3. The van der Waals surface area contributed by atoms with E-state index in [1.165, 1.54) is 25.7 Å². The van der Waals surface area contributed by atoms with Gasteiger partial charge >= 0.3 is 0 Å². The first-order valence-electron chi connectivity index (χ1n) is 8.33. The minimum Gasteiger partial charge on any atom is -0.467 e. The zero-order valence-electron chi connectivity index (χ0n) is 12.9. The standard InChI is InChI=1S/C17H24N2O3/c20-16-10-13(17(21)18-11-15-8-5-9-22-15)12-19(16)14-6-3-1-2-4-7-14/h5,8-9,13-14H,1-4,6-7,10-12H2,(H,18,21). The Bertz CT molecular complexity index is 504. The van der Waals surface area contributed by atoms with Gasteiger partial charge in [0.1, 0.15) is 5.76 Å². The van der Waals surface area contributed by atoms with Crippen molar-refractivity contribution in [3.63, 3.8) is 0 Å². The van der Waals surface area contributed by atoms with Gasteiger partial charge in [-0.15, -0.1) is 0 Å². The van der Waals surface area contributed by atoms with Crippen LogP contribution in [0.5, 0.6) is 0 Å². The molecule has 1 unspecified atom stereocenters. The Balaban J connectivity index is 1.53. The van der Waals surface area contributed by atoms with Crippen molar-refractivity contribution in [3.8, 4) is 0 Å². The molecule has 2 amide bonds. The minimum atomic E-state index is -0.217. The van der Waals surface area contributed by atoms with E-state index in [9.17, 15) is 9.59 Å². The molecule has 22 heavy (non-hydrogen) atoms. The van der Waals surface area contributed by atoms with Gasteiger partial charge in [0.05, 0.1) is 18.7 Å². The summed E-state index contributed by atoms with van der Waals surface area (Å²) < 4.78 is 5.21. The highest BCUT2D eigenvalue weighted by Gasteiger charge is 2.37. The monoisotopic (exact) mass is 304 g/mol. The van der Waals surface area contributed by atoms with Crippen LogP contribution in [0.3, 0.4) is 0 Å². The average molecular weight is 304 g/mol. The van der Waals surface area contributed by atoms with E-state index in [0.29, 0.717) is 25.6 Å². The lowest BCUT2D eigenvalue weighted by atomic mass is 10.1. The van der Waals surface area contributed by atoms with Gasteiger partial charge in [-0.2, -0.15) is 0 Å². The Morgan fingerprint density at radius 1 is 1.27 bits per heavy atom. The van der Waals surface area contributed by atoms with Crippen LogP contribution in [0.4, 0.5) is 0 Å². The summed E-state index contributed by atoms with van der Waals surface area (Å²) in [5.74, 6) is 0.620. The van der Waals surface area contributed by atoms with E-state index >= 15 is 0 Å². The Hall–Kier alpha value is -1.78. The molecule has 2 heterocycles. The van der Waals surface area contributed by atoms with Crippen molar-refractivity contribution < 1.29 is 14.0 Å². The number of amides is 2. The molecule has 5 heteroatoms. The van der Waals surface area contributed by atoms with Crippen LogP contribution in [0.1, 0.15) is 50.7 Å². The third kappa shape index (κ3) is 3.51. The van der Waals surface area contributed by atoms with Crippen molar-refractivity contribution in [2.75, 3.05) is 6.54 Å². The summed E-state index contributed by atoms with van der Waals surface area (Å²) in [6.07, 6.45) is 9.05. The fraction of sp³-hybridized carbons (Fsp3) is 0.647. The van der Waals surface area contributed by atoms with E-state index in [4.69, 9.17) is 4.42 Å². The number of furan rings is 1. The normalized spacial score (nSPS) is 23.5. The predicted molar refractivity (Wildman–Crippen MR) is 81.9 cm³/mol. The Kier molecular flexibility index (Phi) is 4.80. The molecular weight excluding hydrogens is 280 g/mol. The first kappa shape index (κ1) is 15.1. The Labute approximate surface area is 131 Å². The third-order valence-electron chi connectivity index (χ3n) is 4.81. The highest BCUT2D eigenvalue weighted by atomic mass is 16.3. The molecule has 0 aromatic carbocycles. The molecule has 2 fully saturated rings. The number of carbonyl (C=O) groups excluding carboxylic acids is 2. The maximum Gasteiger partial charge on any atom is 0.225 e. The summed E-state index contributed by atoms with van der Waals surface area (Å²) in [6, 6.07) is 3.98. The van der Waals surface area contributed by atoms with Crippen LogP contribution in [-0.2, 0) is 16.1 Å². The SMILES string of the molecule is O=C(NCc1ccco1)C1CC(=O)N(C2CCCCCC2)C1. The molecule has 1 aromatic heterocycles. The van der Waals surface area contributed by atoms with E-state index in [1.807, 2.05) is 11.0 Å². The molecule has 5 nitrogen and oxygen atoms in total. The number of hydrogen-bond donors (Lipinski definition) is 1. The zero-order chi connectivity index (χ0) is 15.4. The first-order valence-corrected chi connectivity index (χ1v) is 8.33. The van der Waals surface area contributed by atoms with Crippen LogP contribution < -0.4 is 5.32 Å². The maximum atomic E-state index is 12.3. The van der Waals surface area contributed by atoms with E-state index in [-0.39, 0.29) is 17.7 Å². The summed E-state index contributed by atoms with van der Waals surface area (Å²) in [4.78, 5) is 26.5. The Morgan fingerprint density at radius 2 is 2.05 bits per heavy atom. The summed E-state index contributed by atoms with van der Waals surface area (Å²) in [5.41, 5.74) is 0. The summed E-state index contributed by atoms with van der Waals surface area (Å²) in [6.45, 7) is 0.966. The lowest BCUT2D eigenvalue weighted by Crippen LogP contribution is -2.38. The number of likely N-dealkylation sites (tertiary alicyclic amines) is 1. The van der Waals surface area contributed by atoms with Crippen LogP contribution >= 0.6 is 0 Å². The summed E-state index contributed by atoms with van der Waals surface area (Å²) in [5, 5.41) is 2.87. The molecule has 1 atom stereocenters. The Morgan fingerprint density at radius 3 is 2.73 bits per heavy atom. The van der Waals surface area contributed by atoms with Crippen molar-refractivity contribution in [2.24, 2.45) is 5.92 Å². The lowest BCUT2D eigenvalue weighted by Gasteiger charge is -2.27. The van der Waals surface area contributed by atoms with Crippen LogP contribution in [0, 0.1) is 5.92 Å². The predicted octanol–water partition coefficient (Wildman–Crippen LogP) is 2.47. The quantitative estimate of drug-likeness (QED) is 0.869. The number of nitrogens with one attached hydrogen (secondary N) is 1. The molecule has 0 bridgehead atoms. The number of nitrogens with zero attached hydrogens (tertiary/aromatic N) is 1. The van der Waals surface area contributed by atoms with Gasteiger partial charge in [0.2, 0.25) is 11.8 Å². The van der Waals surface area contributed by atoms with Crippen molar-refractivity contribution in [2.45, 2.75) is 57.5 Å². The summed E-state index contributed by atoms with van der Waals surface area (Å²) >= 11 is 0. The van der Waals surface area contributed by atoms with Gasteiger partial charge in [0.15, 0.2) is 0 Å². The van der Waals surface area contributed by atoms with Crippen LogP contribution in [0.25, 0.3) is 0 Å². The van der Waals surface area contributed by atoms with Crippen molar-refractivity contribution >= 4 is 11.8 Å². The van der Waals surface area contributed by atoms with Gasteiger partial charge in [-0.3, -0.25) is 9.59 Å². The molecule has 0 spiro atoms. The fourth-order valence-corrected chi connectivity index (χ4v) is 3.56. The molecule has 1 aliphatic heterocycles. The van der Waals surface area contributed by atoms with Gasteiger partial charge < -0.3 is 14.6 Å². The molecule has 120 valence electrons. The van der Waals surface area contributed by atoms with E-state index < -0.39 is 0 Å².